The largest absolute Gasteiger partial charge is 0.462 e. The van der Waals surface area contributed by atoms with Crippen LogP contribution in [0.4, 0.5) is 0 Å². The molecular weight excluding hydrogens is 793 g/mol. The summed E-state index contributed by atoms with van der Waals surface area (Å²) in [7, 11) is 0. The molecule has 0 radical (unpaired) electrons. The molecule has 0 aliphatic heterocycles. The van der Waals surface area contributed by atoms with E-state index in [1.807, 2.05) is 0 Å². The van der Waals surface area contributed by atoms with Crippen LogP contribution in [0.25, 0.3) is 0 Å². The van der Waals surface area contributed by atoms with Crippen molar-refractivity contribution < 1.29 is 28.6 Å². The molecule has 6 heteroatoms. The molecule has 0 aliphatic carbocycles. The zero-order valence-electron chi connectivity index (χ0n) is 43.8. The van der Waals surface area contributed by atoms with E-state index in [2.05, 4.69) is 27.7 Å². The molecule has 0 amide bonds. The summed E-state index contributed by atoms with van der Waals surface area (Å²) in [5.74, 6) is -0.00301. The van der Waals surface area contributed by atoms with E-state index in [4.69, 9.17) is 14.2 Å². The molecule has 0 rings (SSSR count). The molecule has 0 aromatic heterocycles. The fourth-order valence-electron chi connectivity index (χ4n) is 8.92. The van der Waals surface area contributed by atoms with Crippen molar-refractivity contribution in [1.82, 2.24) is 0 Å². The number of carbonyl (C=O) groups excluding carboxylic acids is 3. The molecule has 0 unspecified atom stereocenters. The smallest absolute Gasteiger partial charge is 0.306 e. The van der Waals surface area contributed by atoms with Crippen LogP contribution >= 0.6 is 0 Å². The average molecular weight is 906 g/mol. The topological polar surface area (TPSA) is 78.9 Å². The molecular formula is C58H112O6. The second kappa shape index (κ2) is 52.4. The molecule has 64 heavy (non-hydrogen) atoms. The van der Waals surface area contributed by atoms with E-state index < -0.39 is 6.10 Å². The fourth-order valence-corrected chi connectivity index (χ4v) is 8.92. The minimum Gasteiger partial charge on any atom is -0.462 e. The van der Waals surface area contributed by atoms with Crippen LogP contribution < -0.4 is 0 Å². The van der Waals surface area contributed by atoms with Gasteiger partial charge >= 0.3 is 17.9 Å². The number of hydrogen-bond donors (Lipinski definition) is 0. The zero-order valence-corrected chi connectivity index (χ0v) is 43.8. The molecule has 380 valence electrons. The summed E-state index contributed by atoms with van der Waals surface area (Å²) < 4.78 is 16.9. The molecule has 0 saturated heterocycles. The van der Waals surface area contributed by atoms with Gasteiger partial charge in [-0.3, -0.25) is 14.4 Å². The molecule has 1 atom stereocenters. The van der Waals surface area contributed by atoms with Crippen LogP contribution in [0, 0.1) is 5.92 Å². The lowest BCUT2D eigenvalue weighted by Gasteiger charge is -2.18. The highest BCUT2D eigenvalue weighted by atomic mass is 16.6. The molecule has 0 saturated carbocycles. The second-order valence-electron chi connectivity index (χ2n) is 20.4. The normalized spacial score (nSPS) is 12.0. The first-order valence-electron chi connectivity index (χ1n) is 28.9. The molecule has 0 aromatic carbocycles. The summed E-state index contributed by atoms with van der Waals surface area (Å²) in [6, 6.07) is 0. The molecule has 0 bridgehead atoms. The van der Waals surface area contributed by atoms with Crippen molar-refractivity contribution in [2.45, 2.75) is 336 Å². The summed E-state index contributed by atoms with van der Waals surface area (Å²) in [5.41, 5.74) is 0. The summed E-state index contributed by atoms with van der Waals surface area (Å²) in [4.78, 5) is 38.1. The molecule has 0 spiro atoms. The molecule has 0 fully saturated rings. The second-order valence-corrected chi connectivity index (χ2v) is 20.4. The van der Waals surface area contributed by atoms with Gasteiger partial charge in [0, 0.05) is 19.3 Å². The third-order valence-corrected chi connectivity index (χ3v) is 13.3. The average Bonchev–Trinajstić information content (AvgIpc) is 3.28. The summed E-state index contributed by atoms with van der Waals surface area (Å²) >= 11 is 0. The number of unbranched alkanes of at least 4 members (excludes halogenated alkanes) is 40. The Labute approximate surface area is 399 Å². The van der Waals surface area contributed by atoms with Crippen molar-refractivity contribution in [1.29, 1.82) is 0 Å². The van der Waals surface area contributed by atoms with Gasteiger partial charge in [0.25, 0.3) is 0 Å². The van der Waals surface area contributed by atoms with Gasteiger partial charge in [0.1, 0.15) is 13.2 Å². The molecule has 6 nitrogen and oxygen atoms in total. The Bertz CT molecular complexity index is 964. The number of carbonyl (C=O) groups is 3. The minimum absolute atomic E-state index is 0.0619. The highest BCUT2D eigenvalue weighted by molar-refractivity contribution is 5.71. The van der Waals surface area contributed by atoms with Crippen molar-refractivity contribution in [3.8, 4) is 0 Å². The van der Waals surface area contributed by atoms with Crippen LogP contribution in [0.3, 0.4) is 0 Å². The van der Waals surface area contributed by atoms with E-state index in [0.717, 1.165) is 63.7 Å². The maximum absolute atomic E-state index is 12.8. The van der Waals surface area contributed by atoms with Gasteiger partial charge in [-0.2, -0.15) is 0 Å². The molecule has 0 aromatic rings. The Morgan fingerprint density at radius 2 is 0.516 bits per heavy atom. The lowest BCUT2D eigenvalue weighted by atomic mass is 10.0. The van der Waals surface area contributed by atoms with Crippen LogP contribution in [0.15, 0.2) is 0 Å². The monoisotopic (exact) mass is 905 g/mol. The number of rotatable bonds is 53. The molecule has 0 N–H and O–H groups in total. The van der Waals surface area contributed by atoms with E-state index in [1.165, 1.54) is 225 Å². The first-order chi connectivity index (χ1) is 31.4. The van der Waals surface area contributed by atoms with Gasteiger partial charge in [0.2, 0.25) is 0 Å². The zero-order chi connectivity index (χ0) is 46.7. The third kappa shape index (κ3) is 51.4. The Morgan fingerprint density at radius 1 is 0.297 bits per heavy atom. The van der Waals surface area contributed by atoms with Gasteiger partial charge < -0.3 is 14.2 Å². The van der Waals surface area contributed by atoms with E-state index in [1.54, 1.807) is 0 Å². The number of esters is 3. The Hall–Kier alpha value is -1.59. The molecule has 0 heterocycles. The van der Waals surface area contributed by atoms with E-state index in [0.29, 0.717) is 19.3 Å². The van der Waals surface area contributed by atoms with Gasteiger partial charge in [-0.15, -0.1) is 0 Å². The van der Waals surface area contributed by atoms with Gasteiger partial charge in [-0.05, 0) is 25.2 Å². The van der Waals surface area contributed by atoms with Crippen LogP contribution in [-0.4, -0.2) is 37.2 Å². The number of hydrogen-bond acceptors (Lipinski definition) is 6. The Kier molecular flexibility index (Phi) is 51.1. The predicted octanol–water partition coefficient (Wildman–Crippen LogP) is 19.0. The molecule has 0 aliphatic rings. The summed E-state index contributed by atoms with van der Waals surface area (Å²) in [5, 5.41) is 0. The van der Waals surface area contributed by atoms with Crippen LogP contribution in [0.5, 0.6) is 0 Å². The summed E-state index contributed by atoms with van der Waals surface area (Å²) in [6.07, 6.45) is 56.6. The highest BCUT2D eigenvalue weighted by Gasteiger charge is 2.19. The van der Waals surface area contributed by atoms with Crippen molar-refractivity contribution in [3.63, 3.8) is 0 Å². The van der Waals surface area contributed by atoms with Gasteiger partial charge in [0.15, 0.2) is 6.10 Å². The third-order valence-electron chi connectivity index (χ3n) is 13.3. The van der Waals surface area contributed by atoms with Crippen molar-refractivity contribution >= 4 is 17.9 Å². The van der Waals surface area contributed by atoms with Crippen LogP contribution in [-0.2, 0) is 28.6 Å². The lowest BCUT2D eigenvalue weighted by Crippen LogP contribution is -2.30. The van der Waals surface area contributed by atoms with Gasteiger partial charge in [0.05, 0.1) is 0 Å². The fraction of sp³-hybridized carbons (Fsp3) is 0.948. The highest BCUT2D eigenvalue weighted by Crippen LogP contribution is 2.18. The van der Waals surface area contributed by atoms with Crippen molar-refractivity contribution in [2.24, 2.45) is 5.92 Å². The van der Waals surface area contributed by atoms with Gasteiger partial charge in [-0.25, -0.2) is 0 Å². The summed E-state index contributed by atoms with van der Waals surface area (Å²) in [6.45, 7) is 9.06. The first-order valence-corrected chi connectivity index (χ1v) is 28.9. The standard InChI is InChI=1S/C58H112O6/c1-5-7-9-11-13-15-17-19-21-23-25-30-34-38-42-46-50-57(60)63-53-55(64-58(61)51-47-43-39-35-31-27-26-28-32-36-40-44-48-54(3)4)52-62-56(59)49-45-41-37-33-29-24-22-20-18-16-14-12-10-8-6-2/h54-55H,5-53H2,1-4H3/t55-/m0/s1. The van der Waals surface area contributed by atoms with Crippen LogP contribution in [0.2, 0.25) is 0 Å². The predicted molar refractivity (Wildman–Crippen MR) is 275 cm³/mol. The van der Waals surface area contributed by atoms with E-state index in [9.17, 15) is 14.4 Å². The Balaban J connectivity index is 4.30. The van der Waals surface area contributed by atoms with E-state index in [-0.39, 0.29) is 31.1 Å². The maximum Gasteiger partial charge on any atom is 0.306 e. The Morgan fingerprint density at radius 3 is 0.766 bits per heavy atom. The van der Waals surface area contributed by atoms with E-state index >= 15 is 0 Å². The number of ether oxygens (including phenoxy) is 3. The maximum atomic E-state index is 12.8. The SMILES string of the molecule is CCCCCCCCCCCCCCCCCCC(=O)OC[C@H](COC(=O)CCCCCCCCCCCCCCCCC)OC(=O)CCCCCCCCCCCCCCC(C)C. The first kappa shape index (κ1) is 62.4. The lowest BCUT2D eigenvalue weighted by molar-refractivity contribution is -0.167. The van der Waals surface area contributed by atoms with Gasteiger partial charge in [-0.1, -0.05) is 291 Å². The van der Waals surface area contributed by atoms with Crippen molar-refractivity contribution in [2.75, 3.05) is 13.2 Å². The minimum atomic E-state index is -0.762. The van der Waals surface area contributed by atoms with Crippen LogP contribution in [0.1, 0.15) is 329 Å². The quantitative estimate of drug-likeness (QED) is 0.0344. The van der Waals surface area contributed by atoms with Crippen molar-refractivity contribution in [3.05, 3.63) is 0 Å².